The molecule has 0 unspecified atom stereocenters. The average Bonchev–Trinajstić information content (AvgIpc) is 1.68. The van der Waals surface area contributed by atoms with Crippen LogP contribution >= 0.6 is 7.82 Å². The van der Waals surface area contributed by atoms with Crippen LogP contribution in [0, 0.1) is 0 Å². The molecule has 0 bridgehead atoms. The third-order valence-electron chi connectivity index (χ3n) is 19.6. The van der Waals surface area contributed by atoms with E-state index in [0.29, 0.717) is 44.9 Å². The molecule has 5 aliphatic heterocycles. The molecule has 5 rings (SSSR count). The van der Waals surface area contributed by atoms with Crippen molar-refractivity contribution in [1.82, 2.24) is 61.3 Å². The monoisotopic (exact) mass is 1480 g/mol. The summed E-state index contributed by atoms with van der Waals surface area (Å²) < 4.78 is 16.2. The van der Waals surface area contributed by atoms with Crippen LogP contribution < -0.4 is 43.4 Å². The molecule has 0 aromatic carbocycles. The van der Waals surface area contributed by atoms with Crippen LogP contribution in [-0.2, 0) is 81.0 Å². The van der Waals surface area contributed by atoms with Gasteiger partial charge in [-0.05, 0) is 123 Å². The average molecular weight is 1480 g/mol. The SMILES string of the molecule is CCCCCCCCCCCCCC(=O)N(C)CC(=O)N[C@@H](CCCCN)C(=O)N[C@@H](CCC(=O)O)C(=O)N[C@@H](C)C(=O)N1CCC[C@H]1C(=O)N1CCC[C@H]1C(=O)N[C@@H](C)C(=O)N1CCC[C@H]1C(=O)N1CCC[C@H]1C(=O)N[C@@H](CCC(N)=O)C(=O)N[C@@H](COP(=O)(O)O)C(=O)N1CCC[C@H]1C(=O)O. The van der Waals surface area contributed by atoms with Gasteiger partial charge in [0.2, 0.25) is 76.8 Å². The first kappa shape index (κ1) is 85.8. The van der Waals surface area contributed by atoms with Gasteiger partial charge in [0.15, 0.2) is 0 Å². The minimum absolute atomic E-state index is 0.0410. The minimum atomic E-state index is -5.26. The standard InChI is InChI=1S/C67H111N14O21P/c1-5-6-7-8-9-10-11-12-13-14-15-29-55(84)76(4)40-54(83)72-44(23-16-17-34-68)58(88)73-46(31-33-56(85)86)57(87)70-42(2)62(92)79-37-20-26-50(79)65(95)77-35-18-24-48(77)60(90)71-43(3)63(93)80-38-21-27-51(80)66(96)78-36-19-25-49(78)61(91)74-45(30-32-53(69)82)59(89)75-47(41-102-103(99,100)101)64(94)81-39-22-28-52(81)67(97)98/h42-52H,5-41,68H2,1-4H3,(H2,69,82)(H,70,87)(H,71,90)(H,72,83)(H,73,88)(H,74,91)(H,75,89)(H,85,86)(H,97,98)(H2,99,100,101)/t42-,43-,44-,45-,46-,47-,48-,49-,50-,51-,52-/m0/s1. The first-order valence-corrected chi connectivity index (χ1v) is 38.1. The van der Waals surface area contributed by atoms with Crippen LogP contribution in [0.2, 0.25) is 0 Å². The van der Waals surface area contributed by atoms with Crippen molar-refractivity contribution in [2.45, 2.75) is 273 Å². The van der Waals surface area contributed by atoms with E-state index in [4.69, 9.17) is 11.5 Å². The van der Waals surface area contributed by atoms with Gasteiger partial charge in [0.25, 0.3) is 0 Å². The number of phosphoric acid groups is 1. The molecule has 14 N–H and O–H groups in total. The molecule has 0 radical (unpaired) electrons. The number of likely N-dealkylation sites (tertiary alicyclic amines) is 5. The smallest absolute Gasteiger partial charge is 0.469 e. The third-order valence-corrected chi connectivity index (χ3v) is 20.1. The zero-order valence-electron chi connectivity index (χ0n) is 60.0. The van der Waals surface area contributed by atoms with E-state index in [1.165, 1.54) is 83.9 Å². The molecule has 0 aliphatic carbocycles. The lowest BCUT2D eigenvalue weighted by atomic mass is 10.1. The molecule has 0 saturated carbocycles. The number of nitrogens with one attached hydrogen (secondary N) is 6. The molecule has 5 heterocycles. The molecular formula is C67H111N14O21P. The zero-order chi connectivity index (χ0) is 76.1. The Bertz CT molecular complexity index is 3030. The highest BCUT2D eigenvalue weighted by Gasteiger charge is 2.47. The first-order valence-electron chi connectivity index (χ1n) is 36.6. The summed E-state index contributed by atoms with van der Waals surface area (Å²) >= 11 is 0. The largest absolute Gasteiger partial charge is 0.481 e. The second-order valence-corrected chi connectivity index (χ2v) is 28.8. The Labute approximate surface area is 601 Å². The lowest BCUT2D eigenvalue weighted by Gasteiger charge is -2.34. The van der Waals surface area contributed by atoms with Crippen molar-refractivity contribution in [1.29, 1.82) is 0 Å². The van der Waals surface area contributed by atoms with E-state index in [0.717, 1.165) is 30.6 Å². The van der Waals surface area contributed by atoms with Gasteiger partial charge in [-0.2, -0.15) is 0 Å². The molecule has 36 heteroatoms. The number of carboxylic acid groups (broad SMARTS) is 2. The van der Waals surface area contributed by atoms with Crippen molar-refractivity contribution in [2.24, 2.45) is 11.5 Å². The Morgan fingerprint density at radius 1 is 0.485 bits per heavy atom. The van der Waals surface area contributed by atoms with Crippen molar-refractivity contribution < 1.29 is 101 Å². The second-order valence-electron chi connectivity index (χ2n) is 27.6. The molecule has 11 atom stereocenters. The number of nitrogens with two attached hydrogens (primary N) is 2. The molecule has 35 nitrogen and oxygen atoms in total. The van der Waals surface area contributed by atoms with Crippen molar-refractivity contribution in [3.8, 4) is 0 Å². The number of carboxylic acids is 2. The van der Waals surface area contributed by atoms with Crippen LogP contribution in [0.15, 0.2) is 0 Å². The van der Waals surface area contributed by atoms with Crippen molar-refractivity contribution in [3.63, 3.8) is 0 Å². The van der Waals surface area contributed by atoms with Crippen LogP contribution in [0.25, 0.3) is 0 Å². The summed E-state index contributed by atoms with van der Waals surface area (Å²) in [5, 5.41) is 34.6. The van der Waals surface area contributed by atoms with Gasteiger partial charge >= 0.3 is 19.8 Å². The maximum absolute atomic E-state index is 14.5. The predicted octanol–water partition coefficient (Wildman–Crippen LogP) is -0.497. The number of nitrogens with zero attached hydrogens (tertiary/aromatic N) is 6. The Kier molecular flexibility index (Phi) is 35.6. The highest BCUT2D eigenvalue weighted by Crippen LogP contribution is 2.36. The van der Waals surface area contributed by atoms with Gasteiger partial charge in [0.05, 0.1) is 13.2 Å². The summed E-state index contributed by atoms with van der Waals surface area (Å²) in [6.45, 7) is 4.04. The van der Waals surface area contributed by atoms with E-state index < -0.39 is 189 Å². The van der Waals surface area contributed by atoms with Gasteiger partial charge in [-0.1, -0.05) is 71.1 Å². The summed E-state index contributed by atoms with van der Waals surface area (Å²) in [5.41, 5.74) is 11.1. The Morgan fingerprint density at radius 2 is 0.903 bits per heavy atom. The summed E-state index contributed by atoms with van der Waals surface area (Å²) in [6, 6.07) is -14.6. The van der Waals surface area contributed by atoms with E-state index in [9.17, 15) is 96.5 Å². The summed E-state index contributed by atoms with van der Waals surface area (Å²) in [7, 11) is -3.76. The van der Waals surface area contributed by atoms with Crippen molar-refractivity contribution in [2.75, 3.05) is 59.5 Å². The number of hydrogen-bond donors (Lipinski definition) is 12. The van der Waals surface area contributed by atoms with Gasteiger partial charge in [-0.25, -0.2) is 9.36 Å². The minimum Gasteiger partial charge on any atom is -0.481 e. The first-order chi connectivity index (χ1) is 48.9. The number of unbranched alkanes of at least 4 members (excludes halogenated alkanes) is 11. The van der Waals surface area contributed by atoms with Crippen LogP contribution in [-0.4, -0.2) is 264 Å². The number of carbonyl (C=O) groups excluding carboxylic acids is 13. The molecule has 5 saturated heterocycles. The fraction of sp³-hybridized carbons (Fsp3) is 0.776. The Balaban J connectivity index is 1.16. The molecule has 5 aliphatic rings. The number of hydrogen-bond acceptors (Lipinski definition) is 18. The molecule has 0 aromatic heterocycles. The molecule has 0 aromatic rings. The molecular weight excluding hydrogens is 1370 g/mol. The number of aliphatic carboxylic acids is 2. The van der Waals surface area contributed by atoms with Gasteiger partial charge in [-0.3, -0.25) is 71.6 Å². The molecule has 0 spiro atoms. The third kappa shape index (κ3) is 27.0. The van der Waals surface area contributed by atoms with Crippen LogP contribution in [0.5, 0.6) is 0 Å². The number of primary amides is 1. The summed E-state index contributed by atoms with van der Waals surface area (Å²) in [6.07, 6.45) is 13.9. The van der Waals surface area contributed by atoms with E-state index in [1.54, 1.807) is 0 Å². The molecule has 580 valence electrons. The molecule has 5 fully saturated rings. The van der Waals surface area contributed by atoms with Crippen LogP contribution in [0.1, 0.15) is 207 Å². The number of amides is 13. The number of rotatable bonds is 44. The Morgan fingerprint density at radius 3 is 1.39 bits per heavy atom. The van der Waals surface area contributed by atoms with Crippen molar-refractivity contribution in [3.05, 3.63) is 0 Å². The van der Waals surface area contributed by atoms with E-state index in [2.05, 4.69) is 43.3 Å². The fourth-order valence-electron chi connectivity index (χ4n) is 14.0. The number of likely N-dealkylation sites (N-methyl/N-ethyl adjacent to an activating group) is 1. The van der Waals surface area contributed by atoms with E-state index >= 15 is 0 Å². The maximum Gasteiger partial charge on any atom is 0.469 e. The lowest BCUT2D eigenvalue weighted by Crippen LogP contribution is -2.60. The fourth-order valence-corrected chi connectivity index (χ4v) is 14.3. The van der Waals surface area contributed by atoms with Gasteiger partial charge in [0, 0.05) is 59.0 Å². The highest BCUT2D eigenvalue weighted by atomic mass is 31.2. The Hall–Kier alpha value is -7.88. The predicted molar refractivity (Wildman–Crippen MR) is 369 cm³/mol. The van der Waals surface area contributed by atoms with Crippen LogP contribution in [0.3, 0.4) is 0 Å². The zero-order valence-corrected chi connectivity index (χ0v) is 60.9. The van der Waals surface area contributed by atoms with Gasteiger partial charge < -0.3 is 92.8 Å². The molecule has 103 heavy (non-hydrogen) atoms. The maximum atomic E-state index is 14.5. The topological polar surface area (TPSA) is 507 Å². The van der Waals surface area contributed by atoms with E-state index in [1.807, 2.05) is 0 Å². The quantitative estimate of drug-likeness (QED) is 0.0270. The number of carbonyl (C=O) groups is 15. The highest BCUT2D eigenvalue weighted by molar-refractivity contribution is 7.46. The van der Waals surface area contributed by atoms with Crippen LogP contribution in [0.4, 0.5) is 0 Å². The van der Waals surface area contributed by atoms with Crippen molar-refractivity contribution >= 4 is 96.6 Å². The van der Waals surface area contributed by atoms with Gasteiger partial charge in [0.1, 0.15) is 66.5 Å². The summed E-state index contributed by atoms with van der Waals surface area (Å²) in [5.74, 6) is -12.4. The van der Waals surface area contributed by atoms with Gasteiger partial charge in [-0.15, -0.1) is 0 Å². The second kappa shape index (κ2) is 42.8. The molecule has 13 amide bonds. The lowest BCUT2D eigenvalue weighted by molar-refractivity contribution is -0.150. The van der Waals surface area contributed by atoms with E-state index in [-0.39, 0.29) is 103 Å². The normalized spacial score (nSPS) is 20.6. The summed E-state index contributed by atoms with van der Waals surface area (Å²) in [4.78, 5) is 229. The number of phosphoric ester groups is 1.